The van der Waals surface area contributed by atoms with Crippen LogP contribution in [0.5, 0.6) is 0 Å². The predicted molar refractivity (Wildman–Crippen MR) is 107 cm³/mol. The Bertz CT molecular complexity index is 1090. The first-order chi connectivity index (χ1) is 13.7. The number of hydrogen-bond acceptors (Lipinski definition) is 4. The number of carbonyl (C=O) groups is 1. The van der Waals surface area contributed by atoms with E-state index in [1.165, 1.54) is 0 Å². The molecule has 4 aromatic rings. The minimum atomic E-state index is -0.276. The Morgan fingerprint density at radius 3 is 2.64 bits per heavy atom. The fourth-order valence-corrected chi connectivity index (χ4v) is 3.00. The molecular weight excluding hydrogens is 350 g/mol. The van der Waals surface area contributed by atoms with E-state index in [9.17, 15) is 4.79 Å². The highest BCUT2D eigenvalue weighted by Gasteiger charge is 2.22. The summed E-state index contributed by atoms with van der Waals surface area (Å²) in [6.45, 7) is 2.43. The number of nitrogens with one attached hydrogen (secondary N) is 1. The summed E-state index contributed by atoms with van der Waals surface area (Å²) in [7, 11) is 0. The van der Waals surface area contributed by atoms with E-state index in [0.717, 1.165) is 22.4 Å². The molecule has 0 fully saturated rings. The van der Waals surface area contributed by atoms with Crippen molar-refractivity contribution in [2.45, 2.75) is 13.5 Å². The first-order valence-electron chi connectivity index (χ1n) is 8.97. The van der Waals surface area contributed by atoms with Crippen molar-refractivity contribution in [1.29, 1.82) is 0 Å². The first-order valence-corrected chi connectivity index (χ1v) is 8.97. The molecule has 2 aromatic carbocycles. The molecule has 0 saturated carbocycles. The topological polar surface area (TPSA) is 72.7 Å². The van der Waals surface area contributed by atoms with Crippen LogP contribution in [-0.4, -0.2) is 25.9 Å². The monoisotopic (exact) mass is 369 g/mol. The lowest BCUT2D eigenvalue weighted by atomic mass is 10.1. The van der Waals surface area contributed by atoms with E-state index >= 15 is 0 Å². The Balaban J connectivity index is 1.72. The van der Waals surface area contributed by atoms with Gasteiger partial charge < -0.3 is 5.32 Å². The zero-order valence-corrected chi connectivity index (χ0v) is 15.4. The lowest BCUT2D eigenvalue weighted by Crippen LogP contribution is -2.24. The van der Waals surface area contributed by atoms with E-state index in [-0.39, 0.29) is 11.6 Å². The summed E-state index contributed by atoms with van der Waals surface area (Å²) in [4.78, 5) is 17.1. The van der Waals surface area contributed by atoms with Gasteiger partial charge in [-0.2, -0.15) is 0 Å². The van der Waals surface area contributed by atoms with Gasteiger partial charge in [0, 0.05) is 24.5 Å². The molecule has 0 spiro atoms. The molecule has 1 amide bonds. The lowest BCUT2D eigenvalue weighted by Gasteiger charge is -2.09. The van der Waals surface area contributed by atoms with Crippen molar-refractivity contribution >= 4 is 5.91 Å². The van der Waals surface area contributed by atoms with Crippen LogP contribution in [0.25, 0.3) is 16.9 Å². The van der Waals surface area contributed by atoms with Gasteiger partial charge in [0.1, 0.15) is 5.69 Å². The predicted octanol–water partition coefficient (Wildman–Crippen LogP) is 3.57. The molecule has 0 atom stereocenters. The molecule has 0 saturated heterocycles. The van der Waals surface area contributed by atoms with Gasteiger partial charge in [0.05, 0.1) is 5.69 Å². The minimum Gasteiger partial charge on any atom is -0.346 e. The molecule has 138 valence electrons. The number of aryl methyl sites for hydroxylation is 1. The number of carbonyl (C=O) groups excluding carboxylic acids is 1. The van der Waals surface area contributed by atoms with E-state index in [0.29, 0.717) is 12.2 Å². The van der Waals surface area contributed by atoms with Crippen molar-refractivity contribution in [2.75, 3.05) is 0 Å². The smallest absolute Gasteiger partial charge is 0.274 e. The highest BCUT2D eigenvalue weighted by molar-refractivity contribution is 5.98. The lowest BCUT2D eigenvalue weighted by molar-refractivity contribution is 0.0946. The fraction of sp³-hybridized carbons (Fsp3) is 0.0909. The second-order valence-corrected chi connectivity index (χ2v) is 6.45. The maximum Gasteiger partial charge on any atom is 0.274 e. The maximum absolute atomic E-state index is 12.9. The summed E-state index contributed by atoms with van der Waals surface area (Å²) in [5, 5.41) is 11.4. The molecule has 6 heteroatoms. The van der Waals surface area contributed by atoms with E-state index in [1.807, 2.05) is 73.7 Å². The van der Waals surface area contributed by atoms with Gasteiger partial charge in [-0.25, -0.2) is 4.68 Å². The SMILES string of the molecule is Cc1cccc(-n2nnc(C(=O)NCc3ccccc3)c2-c2cccnc2)c1. The highest BCUT2D eigenvalue weighted by atomic mass is 16.2. The summed E-state index contributed by atoms with van der Waals surface area (Å²) >= 11 is 0. The number of amides is 1. The van der Waals surface area contributed by atoms with Crippen LogP contribution in [0.1, 0.15) is 21.6 Å². The Morgan fingerprint density at radius 2 is 1.89 bits per heavy atom. The van der Waals surface area contributed by atoms with E-state index in [1.54, 1.807) is 17.1 Å². The number of nitrogens with zero attached hydrogens (tertiary/aromatic N) is 4. The second kappa shape index (κ2) is 7.84. The van der Waals surface area contributed by atoms with Gasteiger partial charge in [-0.3, -0.25) is 9.78 Å². The van der Waals surface area contributed by atoms with Crippen molar-refractivity contribution in [3.63, 3.8) is 0 Å². The standard InChI is InChI=1S/C22H19N5O/c1-16-7-5-11-19(13-16)27-21(18-10-6-12-23-15-18)20(25-26-27)22(28)24-14-17-8-3-2-4-9-17/h2-13,15H,14H2,1H3,(H,24,28). The summed E-state index contributed by atoms with van der Waals surface area (Å²) in [6, 6.07) is 21.4. The number of rotatable bonds is 5. The third-order valence-corrected chi connectivity index (χ3v) is 4.36. The number of pyridine rings is 1. The van der Waals surface area contributed by atoms with Crippen LogP contribution in [0, 0.1) is 6.92 Å². The number of aromatic nitrogens is 4. The third-order valence-electron chi connectivity index (χ3n) is 4.36. The van der Waals surface area contributed by atoms with E-state index < -0.39 is 0 Å². The Kier molecular flexibility index (Phi) is 4.93. The number of benzene rings is 2. The van der Waals surface area contributed by atoms with Crippen LogP contribution < -0.4 is 5.32 Å². The average Bonchev–Trinajstić information content (AvgIpc) is 3.19. The molecule has 1 N–H and O–H groups in total. The normalized spacial score (nSPS) is 10.6. The fourth-order valence-electron chi connectivity index (χ4n) is 3.00. The molecule has 28 heavy (non-hydrogen) atoms. The molecule has 0 aliphatic rings. The third kappa shape index (κ3) is 3.66. The Hall–Kier alpha value is -3.80. The quantitative estimate of drug-likeness (QED) is 0.584. The van der Waals surface area contributed by atoms with Crippen molar-refractivity contribution < 1.29 is 4.79 Å². The van der Waals surface area contributed by atoms with Crippen molar-refractivity contribution in [3.05, 3.63) is 95.9 Å². The van der Waals surface area contributed by atoms with Gasteiger partial charge in [0.15, 0.2) is 5.69 Å². The molecule has 0 bridgehead atoms. The zero-order valence-electron chi connectivity index (χ0n) is 15.4. The van der Waals surface area contributed by atoms with Crippen LogP contribution in [0.3, 0.4) is 0 Å². The highest BCUT2D eigenvalue weighted by Crippen LogP contribution is 2.25. The van der Waals surface area contributed by atoms with Crippen molar-refractivity contribution in [2.24, 2.45) is 0 Å². The van der Waals surface area contributed by atoms with Gasteiger partial charge >= 0.3 is 0 Å². The van der Waals surface area contributed by atoms with Crippen LogP contribution in [0.2, 0.25) is 0 Å². The molecule has 4 rings (SSSR count). The zero-order chi connectivity index (χ0) is 19.3. The first kappa shape index (κ1) is 17.6. The molecule has 6 nitrogen and oxygen atoms in total. The Labute approximate surface area is 162 Å². The van der Waals surface area contributed by atoms with Crippen LogP contribution in [0.4, 0.5) is 0 Å². The number of hydrogen-bond donors (Lipinski definition) is 1. The van der Waals surface area contributed by atoms with Crippen molar-refractivity contribution in [3.8, 4) is 16.9 Å². The largest absolute Gasteiger partial charge is 0.346 e. The summed E-state index contributed by atoms with van der Waals surface area (Å²) in [5.74, 6) is -0.276. The second-order valence-electron chi connectivity index (χ2n) is 6.45. The van der Waals surface area contributed by atoms with E-state index in [2.05, 4.69) is 20.6 Å². The summed E-state index contributed by atoms with van der Waals surface area (Å²) in [5.41, 5.74) is 4.62. The maximum atomic E-state index is 12.9. The summed E-state index contributed by atoms with van der Waals surface area (Å²) < 4.78 is 1.68. The minimum absolute atomic E-state index is 0.269. The average molecular weight is 369 g/mol. The summed E-state index contributed by atoms with van der Waals surface area (Å²) in [6.07, 6.45) is 3.40. The van der Waals surface area contributed by atoms with Gasteiger partial charge in [0.2, 0.25) is 0 Å². The molecule has 0 radical (unpaired) electrons. The van der Waals surface area contributed by atoms with E-state index in [4.69, 9.17) is 0 Å². The van der Waals surface area contributed by atoms with Crippen LogP contribution in [0.15, 0.2) is 79.1 Å². The molecule has 2 heterocycles. The molecular formula is C22H19N5O. The molecule has 0 aliphatic heterocycles. The van der Waals surface area contributed by atoms with Gasteiger partial charge in [-0.15, -0.1) is 5.10 Å². The van der Waals surface area contributed by atoms with Crippen LogP contribution >= 0.6 is 0 Å². The molecule has 2 aromatic heterocycles. The van der Waals surface area contributed by atoms with Crippen molar-refractivity contribution in [1.82, 2.24) is 25.3 Å². The van der Waals surface area contributed by atoms with Gasteiger partial charge in [-0.1, -0.05) is 47.7 Å². The molecule has 0 aliphatic carbocycles. The van der Waals surface area contributed by atoms with Crippen LogP contribution in [-0.2, 0) is 6.54 Å². The molecule has 0 unspecified atom stereocenters. The Morgan fingerprint density at radius 1 is 1.04 bits per heavy atom. The van der Waals surface area contributed by atoms with Gasteiger partial charge in [-0.05, 0) is 42.3 Å². The van der Waals surface area contributed by atoms with Gasteiger partial charge in [0.25, 0.3) is 5.91 Å².